The predicted molar refractivity (Wildman–Crippen MR) is 128 cm³/mol. The smallest absolute Gasteiger partial charge is 0.330 e. The molecule has 0 bridgehead atoms. The van der Waals surface area contributed by atoms with Gasteiger partial charge >= 0.3 is 5.97 Å². The van der Waals surface area contributed by atoms with Crippen LogP contribution in [-0.2, 0) is 14.3 Å². The van der Waals surface area contributed by atoms with Gasteiger partial charge in [0.1, 0.15) is 11.8 Å². The first kappa shape index (κ1) is 26.1. The maximum Gasteiger partial charge on any atom is 0.330 e. The lowest BCUT2D eigenvalue weighted by Gasteiger charge is -2.27. The van der Waals surface area contributed by atoms with E-state index in [1.54, 1.807) is 38.1 Å². The number of imide groups is 1. The summed E-state index contributed by atoms with van der Waals surface area (Å²) in [7, 11) is 1.44. The van der Waals surface area contributed by atoms with Gasteiger partial charge in [0.2, 0.25) is 0 Å². The summed E-state index contributed by atoms with van der Waals surface area (Å²) in [5, 5.41) is 1.68. The highest BCUT2D eigenvalue weighted by Gasteiger charge is 2.48. The summed E-state index contributed by atoms with van der Waals surface area (Å²) < 4.78 is 10.3. The Kier molecular flexibility index (Phi) is 7.98. The van der Waals surface area contributed by atoms with Gasteiger partial charge < -0.3 is 14.8 Å². The molecule has 8 nitrogen and oxygen atoms in total. The van der Waals surface area contributed by atoms with Gasteiger partial charge in [-0.25, -0.2) is 4.79 Å². The largest absolute Gasteiger partial charge is 0.495 e. The molecule has 0 fully saturated rings. The summed E-state index contributed by atoms with van der Waals surface area (Å²) in [5.41, 5.74) is -0.123. The summed E-state index contributed by atoms with van der Waals surface area (Å²) in [6, 6.07) is 5.31. The van der Waals surface area contributed by atoms with Gasteiger partial charge in [0.05, 0.1) is 44.0 Å². The van der Waals surface area contributed by atoms with Crippen molar-refractivity contribution in [1.29, 1.82) is 0 Å². The lowest BCUT2D eigenvalue weighted by atomic mass is 10.0. The fourth-order valence-electron chi connectivity index (χ4n) is 3.45. The second kappa shape index (κ2) is 10.4. The minimum Gasteiger partial charge on any atom is -0.495 e. The van der Waals surface area contributed by atoms with Crippen LogP contribution < -0.4 is 10.1 Å². The van der Waals surface area contributed by atoms with Crippen molar-refractivity contribution < 1.29 is 28.7 Å². The quantitative estimate of drug-likeness (QED) is 0.223. The van der Waals surface area contributed by atoms with Crippen LogP contribution in [0.3, 0.4) is 0 Å². The molecule has 2 aromatic rings. The zero-order valence-corrected chi connectivity index (χ0v) is 21.1. The van der Waals surface area contributed by atoms with Crippen LogP contribution in [0.5, 0.6) is 5.75 Å². The molecule has 3 rings (SSSR count). The maximum atomic E-state index is 13.1. The van der Waals surface area contributed by atoms with Crippen LogP contribution in [-0.4, -0.2) is 48.3 Å². The standard InChI is InChI=1S/C22H18Cl4N2O6/c1-9(2)19(22(32)34-8-12(29)27-10-6-4-5-7-11(10)33-3)28-20(30)13-14(21(28)31)16(24)18(26)17(25)15(13)23/h4-7,9,19H,8H2,1-3H3,(H,27,29)/t19-/m0/s1. The number of ether oxygens (including phenoxy) is 2. The van der Waals surface area contributed by atoms with Gasteiger partial charge in [0.25, 0.3) is 17.7 Å². The first-order valence-electron chi connectivity index (χ1n) is 9.84. The van der Waals surface area contributed by atoms with E-state index in [1.807, 2.05) is 0 Å². The normalized spacial score (nSPS) is 13.7. The predicted octanol–water partition coefficient (Wildman–Crippen LogP) is 5.11. The van der Waals surface area contributed by atoms with Crippen LogP contribution in [0, 0.1) is 5.92 Å². The fraction of sp³-hybridized carbons (Fsp3) is 0.273. The number of hydrogen-bond acceptors (Lipinski definition) is 6. The number of nitrogens with one attached hydrogen (secondary N) is 1. The number of carbonyl (C=O) groups is 4. The molecule has 1 aliphatic heterocycles. The summed E-state index contributed by atoms with van der Waals surface area (Å²) in [6.45, 7) is 2.55. The number of hydrogen-bond donors (Lipinski definition) is 1. The Balaban J connectivity index is 1.81. The molecule has 3 amide bonds. The Morgan fingerprint density at radius 1 is 0.941 bits per heavy atom. The molecule has 180 valence electrons. The molecule has 0 aliphatic carbocycles. The molecule has 0 saturated heterocycles. The number of fused-ring (bicyclic) bond motifs is 1. The number of halogens is 4. The molecule has 0 radical (unpaired) electrons. The highest BCUT2D eigenvalue weighted by molar-refractivity contribution is 6.55. The van der Waals surface area contributed by atoms with E-state index in [2.05, 4.69) is 5.32 Å². The second-order valence-corrected chi connectivity index (χ2v) is 9.04. The Morgan fingerprint density at radius 2 is 1.47 bits per heavy atom. The number of carbonyl (C=O) groups excluding carboxylic acids is 4. The number of esters is 1. The third-order valence-electron chi connectivity index (χ3n) is 5.01. The van der Waals surface area contributed by atoms with Crippen molar-refractivity contribution >= 4 is 75.8 Å². The first-order valence-corrected chi connectivity index (χ1v) is 11.4. The van der Waals surface area contributed by atoms with Crippen LogP contribution in [0.25, 0.3) is 0 Å². The molecule has 34 heavy (non-hydrogen) atoms. The number of anilines is 1. The van der Waals surface area contributed by atoms with E-state index in [4.69, 9.17) is 55.9 Å². The van der Waals surface area contributed by atoms with Crippen molar-refractivity contribution in [3.8, 4) is 5.75 Å². The van der Waals surface area contributed by atoms with Crippen molar-refractivity contribution in [2.45, 2.75) is 19.9 Å². The van der Waals surface area contributed by atoms with Gasteiger partial charge in [0, 0.05) is 0 Å². The van der Waals surface area contributed by atoms with Crippen molar-refractivity contribution in [3.05, 3.63) is 55.5 Å². The summed E-state index contributed by atoms with van der Waals surface area (Å²) in [5.74, 6) is -3.52. The van der Waals surface area contributed by atoms with Crippen LogP contribution in [0.1, 0.15) is 34.6 Å². The molecule has 0 unspecified atom stereocenters. The Morgan fingerprint density at radius 3 is 1.97 bits per heavy atom. The third kappa shape index (κ3) is 4.68. The Hall–Kier alpha value is -2.52. The third-order valence-corrected chi connectivity index (χ3v) is 6.81. The summed E-state index contributed by atoms with van der Waals surface area (Å²) in [4.78, 5) is 52.1. The number of nitrogens with zero attached hydrogens (tertiary/aromatic N) is 1. The molecule has 0 saturated carbocycles. The zero-order valence-electron chi connectivity index (χ0n) is 18.1. The monoisotopic (exact) mass is 546 g/mol. The van der Waals surface area contributed by atoms with Gasteiger partial charge in [-0.15, -0.1) is 0 Å². The van der Waals surface area contributed by atoms with E-state index in [1.165, 1.54) is 7.11 Å². The van der Waals surface area contributed by atoms with Gasteiger partial charge in [0.15, 0.2) is 6.61 Å². The molecule has 12 heteroatoms. The van der Waals surface area contributed by atoms with E-state index in [0.29, 0.717) is 16.3 Å². The van der Waals surface area contributed by atoms with Crippen LogP contribution in [0.4, 0.5) is 5.69 Å². The number of benzene rings is 2. The minimum atomic E-state index is -1.36. The average Bonchev–Trinajstić information content (AvgIpc) is 3.05. The van der Waals surface area contributed by atoms with Gasteiger partial charge in [-0.05, 0) is 18.1 Å². The van der Waals surface area contributed by atoms with E-state index in [-0.39, 0.29) is 31.2 Å². The average molecular weight is 548 g/mol. The topological polar surface area (TPSA) is 102 Å². The van der Waals surface area contributed by atoms with Crippen molar-refractivity contribution in [2.24, 2.45) is 5.92 Å². The maximum absolute atomic E-state index is 13.1. The zero-order chi connectivity index (χ0) is 25.3. The summed E-state index contributed by atoms with van der Waals surface area (Å²) in [6.07, 6.45) is 0. The lowest BCUT2D eigenvalue weighted by molar-refractivity contribution is -0.152. The highest BCUT2D eigenvalue weighted by atomic mass is 35.5. The van der Waals surface area contributed by atoms with E-state index in [0.717, 1.165) is 0 Å². The highest BCUT2D eigenvalue weighted by Crippen LogP contribution is 2.45. The molecule has 1 aliphatic rings. The molecule has 0 aromatic heterocycles. The lowest BCUT2D eigenvalue weighted by Crippen LogP contribution is -2.49. The fourth-order valence-corrected chi connectivity index (χ4v) is 4.47. The minimum absolute atomic E-state index is 0.188. The van der Waals surface area contributed by atoms with Crippen molar-refractivity contribution in [1.82, 2.24) is 4.90 Å². The summed E-state index contributed by atoms with van der Waals surface area (Å²) >= 11 is 24.4. The molecule has 1 heterocycles. The van der Waals surface area contributed by atoms with Crippen LogP contribution in [0.15, 0.2) is 24.3 Å². The molecular weight excluding hydrogens is 530 g/mol. The van der Waals surface area contributed by atoms with E-state index < -0.39 is 42.3 Å². The Labute approximate surface area is 215 Å². The SMILES string of the molecule is COc1ccccc1NC(=O)COC(=O)[C@H](C(C)C)N1C(=O)c2c(Cl)c(Cl)c(Cl)c(Cl)c2C1=O. The van der Waals surface area contributed by atoms with E-state index >= 15 is 0 Å². The molecule has 0 spiro atoms. The Bertz CT molecular complexity index is 1150. The number of rotatable bonds is 7. The number of methoxy groups -OCH3 is 1. The van der Waals surface area contributed by atoms with Gasteiger partial charge in [-0.2, -0.15) is 0 Å². The van der Waals surface area contributed by atoms with Gasteiger partial charge in [-0.1, -0.05) is 72.4 Å². The van der Waals surface area contributed by atoms with Crippen molar-refractivity contribution in [3.63, 3.8) is 0 Å². The van der Waals surface area contributed by atoms with Gasteiger partial charge in [-0.3, -0.25) is 19.3 Å². The van der Waals surface area contributed by atoms with E-state index in [9.17, 15) is 19.2 Å². The molecule has 1 atom stereocenters. The number of para-hydroxylation sites is 2. The second-order valence-electron chi connectivity index (χ2n) is 7.53. The van der Waals surface area contributed by atoms with Crippen LogP contribution in [0.2, 0.25) is 20.1 Å². The van der Waals surface area contributed by atoms with Crippen LogP contribution >= 0.6 is 46.4 Å². The van der Waals surface area contributed by atoms with Crippen molar-refractivity contribution in [2.75, 3.05) is 19.0 Å². The first-order chi connectivity index (χ1) is 16.0. The molecular formula is C22H18Cl4N2O6. The molecule has 2 aromatic carbocycles. The molecule has 1 N–H and O–H groups in total. The number of amides is 3.